The molecule has 1 aliphatic rings. The van der Waals surface area contributed by atoms with E-state index in [2.05, 4.69) is 4.98 Å². The number of primary amides is 1. The van der Waals surface area contributed by atoms with Gasteiger partial charge in [0.05, 0.1) is 0 Å². The molecule has 0 saturated carbocycles. The van der Waals surface area contributed by atoms with E-state index in [0.29, 0.717) is 0 Å². The van der Waals surface area contributed by atoms with Gasteiger partial charge in [-0.2, -0.15) is 0 Å². The van der Waals surface area contributed by atoms with Crippen molar-refractivity contribution in [2.45, 2.75) is 6.04 Å². The zero-order chi connectivity index (χ0) is 9.26. The van der Waals surface area contributed by atoms with Gasteiger partial charge < -0.3 is 10.6 Å². The van der Waals surface area contributed by atoms with Gasteiger partial charge in [-0.05, 0) is 12.1 Å². The predicted molar refractivity (Wildman–Crippen MR) is 48.9 cm³/mol. The van der Waals surface area contributed by atoms with E-state index in [1.165, 1.54) is 0 Å². The van der Waals surface area contributed by atoms with Crippen molar-refractivity contribution in [3.8, 4) is 0 Å². The van der Waals surface area contributed by atoms with Crippen LogP contribution >= 0.6 is 0 Å². The minimum absolute atomic E-state index is 0.248. The van der Waals surface area contributed by atoms with Crippen LogP contribution in [-0.2, 0) is 4.79 Å². The Hall–Kier alpha value is -1.58. The minimum Gasteiger partial charge on any atom is -0.368 e. The topological polar surface area (TPSA) is 59.2 Å². The fourth-order valence-electron chi connectivity index (χ4n) is 1.39. The molecule has 13 heavy (non-hydrogen) atoms. The normalized spacial score (nSPS) is 20.9. The van der Waals surface area contributed by atoms with Crippen LogP contribution in [0.1, 0.15) is 0 Å². The van der Waals surface area contributed by atoms with E-state index in [-0.39, 0.29) is 11.9 Å². The second-order valence-corrected chi connectivity index (χ2v) is 2.94. The van der Waals surface area contributed by atoms with Crippen molar-refractivity contribution in [1.29, 1.82) is 0 Å². The molecule has 1 radical (unpaired) electrons. The van der Waals surface area contributed by atoms with Crippen molar-refractivity contribution < 1.29 is 4.79 Å². The highest BCUT2D eigenvalue weighted by molar-refractivity contribution is 5.87. The van der Waals surface area contributed by atoms with Gasteiger partial charge in [0, 0.05) is 31.0 Å². The van der Waals surface area contributed by atoms with Crippen molar-refractivity contribution in [3.05, 3.63) is 30.9 Å². The quantitative estimate of drug-likeness (QED) is 0.687. The van der Waals surface area contributed by atoms with Gasteiger partial charge in [0.2, 0.25) is 5.91 Å². The SMILES string of the molecule is NC(=O)C1[CH]CN1c1ccncc1. The van der Waals surface area contributed by atoms with Crippen LogP contribution in [0.15, 0.2) is 24.5 Å². The number of rotatable bonds is 2. The Morgan fingerprint density at radius 2 is 2.23 bits per heavy atom. The lowest BCUT2D eigenvalue weighted by Crippen LogP contribution is -2.55. The molecular weight excluding hydrogens is 166 g/mol. The highest BCUT2D eigenvalue weighted by Crippen LogP contribution is 2.24. The Bertz CT molecular complexity index is 312. The molecule has 0 spiro atoms. The fraction of sp³-hybridized carbons (Fsp3) is 0.222. The Kier molecular flexibility index (Phi) is 1.88. The molecule has 1 unspecified atom stereocenters. The first kappa shape index (κ1) is 8.04. The number of amides is 1. The molecule has 1 fully saturated rings. The van der Waals surface area contributed by atoms with Crippen molar-refractivity contribution in [1.82, 2.24) is 4.98 Å². The maximum absolute atomic E-state index is 10.9. The van der Waals surface area contributed by atoms with Crippen LogP contribution in [0.5, 0.6) is 0 Å². The standard InChI is InChI=1S/C9H10N3O/c10-9(13)8-3-6-12(8)7-1-4-11-5-2-7/h1-5,8H,6H2,(H2,10,13). The first-order valence-corrected chi connectivity index (χ1v) is 4.08. The van der Waals surface area contributed by atoms with Gasteiger partial charge in [0.1, 0.15) is 6.04 Å². The van der Waals surface area contributed by atoms with Gasteiger partial charge in [0.15, 0.2) is 0 Å². The molecule has 0 aromatic carbocycles. The zero-order valence-electron chi connectivity index (χ0n) is 7.05. The highest BCUT2D eigenvalue weighted by Gasteiger charge is 2.32. The maximum atomic E-state index is 10.9. The second-order valence-electron chi connectivity index (χ2n) is 2.94. The number of carbonyl (C=O) groups is 1. The summed E-state index contributed by atoms with van der Waals surface area (Å²) in [4.78, 5) is 16.7. The summed E-state index contributed by atoms with van der Waals surface area (Å²) < 4.78 is 0. The lowest BCUT2D eigenvalue weighted by molar-refractivity contribution is -0.119. The largest absolute Gasteiger partial charge is 0.368 e. The third kappa shape index (κ3) is 1.35. The first-order chi connectivity index (χ1) is 6.29. The number of pyridine rings is 1. The van der Waals surface area contributed by atoms with Crippen molar-refractivity contribution in [3.63, 3.8) is 0 Å². The molecule has 1 atom stereocenters. The molecule has 2 N–H and O–H groups in total. The van der Waals surface area contributed by atoms with Crippen LogP contribution in [0.2, 0.25) is 0 Å². The Labute approximate surface area is 76.4 Å². The van der Waals surface area contributed by atoms with Gasteiger partial charge in [-0.15, -0.1) is 0 Å². The molecule has 2 heterocycles. The predicted octanol–water partition coefficient (Wildman–Crippen LogP) is -0.0402. The van der Waals surface area contributed by atoms with E-state index in [0.717, 1.165) is 12.2 Å². The van der Waals surface area contributed by atoms with Crippen LogP contribution in [0.3, 0.4) is 0 Å². The Morgan fingerprint density at radius 3 is 2.69 bits per heavy atom. The first-order valence-electron chi connectivity index (χ1n) is 4.08. The number of anilines is 1. The number of hydrogen-bond acceptors (Lipinski definition) is 3. The van der Waals surface area contributed by atoms with Crippen LogP contribution in [-0.4, -0.2) is 23.5 Å². The molecule has 67 valence electrons. The average molecular weight is 176 g/mol. The molecule has 0 aliphatic carbocycles. The van der Waals surface area contributed by atoms with Crippen molar-refractivity contribution in [2.75, 3.05) is 11.4 Å². The van der Waals surface area contributed by atoms with E-state index in [4.69, 9.17) is 5.73 Å². The molecule has 1 amide bonds. The number of hydrogen-bond donors (Lipinski definition) is 1. The smallest absolute Gasteiger partial charge is 0.240 e. The van der Waals surface area contributed by atoms with Gasteiger partial charge in [-0.25, -0.2) is 0 Å². The monoisotopic (exact) mass is 176 g/mol. The molecule has 1 aromatic heterocycles. The van der Waals surface area contributed by atoms with E-state index in [1.807, 2.05) is 23.5 Å². The van der Waals surface area contributed by atoms with E-state index < -0.39 is 0 Å². The Balaban J connectivity index is 2.15. The summed E-state index contributed by atoms with van der Waals surface area (Å²) in [6, 6.07) is 3.48. The summed E-state index contributed by atoms with van der Waals surface area (Å²) in [5.74, 6) is -0.303. The number of aromatic nitrogens is 1. The molecular formula is C9H10N3O. The Morgan fingerprint density at radius 1 is 1.54 bits per heavy atom. The van der Waals surface area contributed by atoms with Crippen LogP contribution in [0.25, 0.3) is 0 Å². The number of carbonyl (C=O) groups excluding carboxylic acids is 1. The van der Waals surface area contributed by atoms with E-state index in [1.54, 1.807) is 12.4 Å². The summed E-state index contributed by atoms with van der Waals surface area (Å²) in [5.41, 5.74) is 6.19. The van der Waals surface area contributed by atoms with Crippen molar-refractivity contribution >= 4 is 11.6 Å². The summed E-state index contributed by atoms with van der Waals surface area (Å²) in [5, 5.41) is 0. The molecule has 2 rings (SSSR count). The lowest BCUT2D eigenvalue weighted by atomic mass is 10.0. The van der Waals surface area contributed by atoms with Gasteiger partial charge in [-0.3, -0.25) is 9.78 Å². The van der Waals surface area contributed by atoms with Gasteiger partial charge >= 0.3 is 0 Å². The van der Waals surface area contributed by atoms with Gasteiger partial charge in [-0.1, -0.05) is 0 Å². The summed E-state index contributed by atoms with van der Waals surface area (Å²) >= 11 is 0. The van der Waals surface area contributed by atoms with Gasteiger partial charge in [0.25, 0.3) is 0 Å². The maximum Gasteiger partial charge on any atom is 0.240 e. The summed E-state index contributed by atoms with van der Waals surface area (Å²) in [6.07, 6.45) is 5.29. The second kappa shape index (κ2) is 3.05. The molecule has 1 aliphatic heterocycles. The lowest BCUT2D eigenvalue weighted by Gasteiger charge is -2.40. The van der Waals surface area contributed by atoms with Crippen LogP contribution < -0.4 is 10.6 Å². The van der Waals surface area contributed by atoms with Crippen LogP contribution in [0.4, 0.5) is 5.69 Å². The molecule has 1 saturated heterocycles. The highest BCUT2D eigenvalue weighted by atomic mass is 16.1. The van der Waals surface area contributed by atoms with Crippen molar-refractivity contribution in [2.24, 2.45) is 5.73 Å². The third-order valence-electron chi connectivity index (χ3n) is 2.15. The average Bonchev–Trinajstić information content (AvgIpc) is 2.02. The van der Waals surface area contributed by atoms with E-state index in [9.17, 15) is 4.79 Å². The fourth-order valence-corrected chi connectivity index (χ4v) is 1.39. The number of nitrogens with two attached hydrogens (primary N) is 1. The minimum atomic E-state index is -0.303. The molecule has 0 bridgehead atoms. The van der Waals surface area contributed by atoms with E-state index >= 15 is 0 Å². The molecule has 4 heteroatoms. The summed E-state index contributed by atoms with van der Waals surface area (Å²) in [7, 11) is 0. The summed E-state index contributed by atoms with van der Waals surface area (Å²) in [6.45, 7) is 0.775. The zero-order valence-corrected chi connectivity index (χ0v) is 7.05. The molecule has 4 nitrogen and oxygen atoms in total. The van der Waals surface area contributed by atoms with Crippen LogP contribution in [0, 0.1) is 6.42 Å². The molecule has 1 aromatic rings. The third-order valence-corrected chi connectivity index (χ3v) is 2.15. The number of nitrogens with zero attached hydrogens (tertiary/aromatic N) is 2.